The van der Waals surface area contributed by atoms with E-state index in [1.807, 2.05) is 6.08 Å². The minimum absolute atomic E-state index is 0.493. The Balaban J connectivity index is 2.00. The topological polar surface area (TPSA) is 17.1 Å². The molecule has 0 saturated heterocycles. The van der Waals surface area contributed by atoms with Crippen LogP contribution in [0.25, 0.3) is 0 Å². The second-order valence-electron chi connectivity index (χ2n) is 4.43. The molecule has 1 rings (SSSR count). The Bertz CT molecular complexity index is 184. The maximum Gasteiger partial charge on any atom is 0.133 e. The van der Waals surface area contributed by atoms with Crippen LogP contribution in [0, 0.1) is 5.92 Å². The van der Waals surface area contributed by atoms with Gasteiger partial charge in [0, 0.05) is 12.8 Å². The molecular formula is C13H22O. The smallest absolute Gasteiger partial charge is 0.133 e. The number of hydrogen-bond acceptors (Lipinski definition) is 1. The largest absolute Gasteiger partial charge is 0.300 e. The maximum atomic E-state index is 11.2. The zero-order valence-corrected chi connectivity index (χ0v) is 9.13. The molecule has 0 heterocycles. The third kappa shape index (κ3) is 4.59. The van der Waals surface area contributed by atoms with E-state index in [0.29, 0.717) is 11.7 Å². The second-order valence-corrected chi connectivity index (χ2v) is 4.43. The van der Waals surface area contributed by atoms with Gasteiger partial charge < -0.3 is 0 Å². The minimum atomic E-state index is 0.493. The van der Waals surface area contributed by atoms with Gasteiger partial charge in [-0.1, -0.05) is 25.3 Å². The van der Waals surface area contributed by atoms with Gasteiger partial charge in [0.2, 0.25) is 0 Å². The van der Waals surface area contributed by atoms with Crippen molar-refractivity contribution in [1.29, 1.82) is 0 Å². The lowest BCUT2D eigenvalue weighted by atomic mass is 9.85. The van der Waals surface area contributed by atoms with Gasteiger partial charge in [-0.05, 0) is 31.6 Å². The molecule has 0 bridgehead atoms. The van der Waals surface area contributed by atoms with Crippen LogP contribution in [0.3, 0.4) is 0 Å². The Kier molecular flexibility index (Phi) is 5.58. The molecule has 1 aliphatic carbocycles. The molecule has 1 atom stereocenters. The van der Waals surface area contributed by atoms with Crippen molar-refractivity contribution in [2.24, 2.45) is 5.92 Å². The monoisotopic (exact) mass is 194 g/mol. The molecule has 0 aromatic heterocycles. The lowest BCUT2D eigenvalue weighted by Gasteiger charge is -2.20. The van der Waals surface area contributed by atoms with E-state index in [1.165, 1.54) is 32.1 Å². The summed E-state index contributed by atoms with van der Waals surface area (Å²) < 4.78 is 0. The molecule has 1 saturated carbocycles. The molecule has 14 heavy (non-hydrogen) atoms. The van der Waals surface area contributed by atoms with E-state index in [2.05, 4.69) is 6.58 Å². The average molecular weight is 194 g/mol. The zero-order chi connectivity index (χ0) is 10.2. The Hall–Kier alpha value is -0.590. The molecule has 1 aliphatic rings. The van der Waals surface area contributed by atoms with Gasteiger partial charge in [0.05, 0.1) is 0 Å². The first-order valence-corrected chi connectivity index (χ1v) is 5.95. The summed E-state index contributed by atoms with van der Waals surface area (Å²) >= 11 is 0. The molecule has 1 fully saturated rings. The van der Waals surface area contributed by atoms with Crippen molar-refractivity contribution in [1.82, 2.24) is 0 Å². The van der Waals surface area contributed by atoms with Crippen molar-refractivity contribution in [3.63, 3.8) is 0 Å². The van der Waals surface area contributed by atoms with Crippen molar-refractivity contribution < 1.29 is 4.79 Å². The fourth-order valence-corrected chi connectivity index (χ4v) is 2.26. The molecule has 0 amide bonds. The van der Waals surface area contributed by atoms with Crippen LogP contribution >= 0.6 is 0 Å². The van der Waals surface area contributed by atoms with Gasteiger partial charge in [-0.2, -0.15) is 0 Å². The SMILES string of the molecule is C=CCCCCCC1CCCC(=O)C1. The molecule has 1 nitrogen and oxygen atoms in total. The van der Waals surface area contributed by atoms with E-state index < -0.39 is 0 Å². The summed E-state index contributed by atoms with van der Waals surface area (Å²) in [6.07, 6.45) is 12.4. The van der Waals surface area contributed by atoms with Crippen LogP contribution in [-0.4, -0.2) is 5.78 Å². The number of ketones is 1. The molecule has 0 radical (unpaired) electrons. The third-order valence-electron chi connectivity index (χ3n) is 3.10. The predicted molar refractivity (Wildman–Crippen MR) is 60.2 cm³/mol. The van der Waals surface area contributed by atoms with Crippen LogP contribution in [0.1, 0.15) is 57.8 Å². The van der Waals surface area contributed by atoms with Crippen LogP contribution in [0.15, 0.2) is 12.7 Å². The van der Waals surface area contributed by atoms with Crippen molar-refractivity contribution in [2.75, 3.05) is 0 Å². The summed E-state index contributed by atoms with van der Waals surface area (Å²) in [5.41, 5.74) is 0. The first kappa shape index (κ1) is 11.5. The summed E-state index contributed by atoms with van der Waals surface area (Å²) in [5, 5.41) is 0. The normalized spacial score (nSPS) is 22.3. The summed E-state index contributed by atoms with van der Waals surface area (Å²) in [4.78, 5) is 11.2. The molecule has 1 heteroatoms. The van der Waals surface area contributed by atoms with Crippen LogP contribution in [-0.2, 0) is 4.79 Å². The van der Waals surface area contributed by atoms with Gasteiger partial charge in [-0.25, -0.2) is 0 Å². The Morgan fingerprint density at radius 2 is 2.21 bits per heavy atom. The molecule has 80 valence electrons. The van der Waals surface area contributed by atoms with Gasteiger partial charge >= 0.3 is 0 Å². The second kappa shape index (κ2) is 6.80. The number of allylic oxidation sites excluding steroid dienone is 1. The number of rotatable bonds is 6. The van der Waals surface area contributed by atoms with Crippen LogP contribution < -0.4 is 0 Å². The summed E-state index contributed by atoms with van der Waals surface area (Å²) in [5.74, 6) is 1.20. The minimum Gasteiger partial charge on any atom is -0.300 e. The van der Waals surface area contributed by atoms with Gasteiger partial charge in [0.1, 0.15) is 5.78 Å². The first-order chi connectivity index (χ1) is 6.83. The maximum absolute atomic E-state index is 11.2. The highest BCUT2D eigenvalue weighted by molar-refractivity contribution is 5.79. The number of hydrogen-bond donors (Lipinski definition) is 0. The highest BCUT2D eigenvalue weighted by Crippen LogP contribution is 2.26. The van der Waals surface area contributed by atoms with Crippen molar-refractivity contribution in [3.8, 4) is 0 Å². The molecule has 1 unspecified atom stereocenters. The number of Topliss-reactive ketones (excluding diaryl/α,β-unsaturated/α-hetero) is 1. The average Bonchev–Trinajstić information content (AvgIpc) is 2.18. The predicted octanol–water partition coefficient (Wildman–Crippen LogP) is 3.88. The highest BCUT2D eigenvalue weighted by Gasteiger charge is 2.18. The lowest BCUT2D eigenvalue weighted by molar-refractivity contribution is -0.121. The van der Waals surface area contributed by atoms with E-state index in [-0.39, 0.29) is 0 Å². The Labute approximate surface area is 87.6 Å². The van der Waals surface area contributed by atoms with E-state index in [9.17, 15) is 4.79 Å². The van der Waals surface area contributed by atoms with E-state index >= 15 is 0 Å². The van der Waals surface area contributed by atoms with Crippen LogP contribution in [0.2, 0.25) is 0 Å². The molecule has 0 aromatic carbocycles. The Morgan fingerprint density at radius 3 is 2.93 bits per heavy atom. The lowest BCUT2D eigenvalue weighted by Crippen LogP contribution is -2.14. The number of carbonyl (C=O) groups is 1. The quantitative estimate of drug-likeness (QED) is 0.463. The summed E-state index contributed by atoms with van der Waals surface area (Å²) in [7, 11) is 0. The fraction of sp³-hybridized carbons (Fsp3) is 0.769. The highest BCUT2D eigenvalue weighted by atomic mass is 16.1. The van der Waals surface area contributed by atoms with Gasteiger partial charge in [-0.15, -0.1) is 6.58 Å². The third-order valence-corrected chi connectivity index (χ3v) is 3.10. The zero-order valence-electron chi connectivity index (χ0n) is 9.13. The molecular weight excluding hydrogens is 172 g/mol. The van der Waals surface area contributed by atoms with Crippen LogP contribution in [0.5, 0.6) is 0 Å². The van der Waals surface area contributed by atoms with E-state index in [0.717, 1.165) is 25.7 Å². The number of unbranched alkanes of at least 4 members (excludes halogenated alkanes) is 3. The molecule has 0 spiro atoms. The van der Waals surface area contributed by atoms with Crippen molar-refractivity contribution in [3.05, 3.63) is 12.7 Å². The molecule has 0 aliphatic heterocycles. The first-order valence-electron chi connectivity index (χ1n) is 5.95. The molecule has 0 N–H and O–H groups in total. The summed E-state index contributed by atoms with van der Waals surface area (Å²) in [6.45, 7) is 3.71. The van der Waals surface area contributed by atoms with E-state index in [4.69, 9.17) is 0 Å². The molecule has 0 aromatic rings. The van der Waals surface area contributed by atoms with E-state index in [1.54, 1.807) is 0 Å². The van der Waals surface area contributed by atoms with Crippen molar-refractivity contribution >= 4 is 5.78 Å². The van der Waals surface area contributed by atoms with Gasteiger partial charge in [0.25, 0.3) is 0 Å². The van der Waals surface area contributed by atoms with Crippen molar-refractivity contribution in [2.45, 2.75) is 57.8 Å². The number of carbonyl (C=O) groups excluding carboxylic acids is 1. The standard InChI is InChI=1S/C13H22O/c1-2-3-4-5-6-8-12-9-7-10-13(14)11-12/h2,12H,1,3-11H2. The summed E-state index contributed by atoms with van der Waals surface area (Å²) in [6, 6.07) is 0. The van der Waals surface area contributed by atoms with Gasteiger partial charge in [-0.3, -0.25) is 4.79 Å². The van der Waals surface area contributed by atoms with Crippen LogP contribution in [0.4, 0.5) is 0 Å². The fourth-order valence-electron chi connectivity index (χ4n) is 2.26. The Morgan fingerprint density at radius 1 is 1.36 bits per heavy atom. The van der Waals surface area contributed by atoms with Gasteiger partial charge in [0.15, 0.2) is 0 Å².